The van der Waals surface area contributed by atoms with Crippen LogP contribution in [0.25, 0.3) is 10.9 Å². The molecular weight excluding hydrogens is 240 g/mol. The molecule has 2 aromatic rings. The molecule has 0 fully saturated rings. The molecule has 1 aromatic heterocycles. The number of pyridine rings is 1. The van der Waals surface area contributed by atoms with Crippen LogP contribution in [0.3, 0.4) is 0 Å². The van der Waals surface area contributed by atoms with Crippen molar-refractivity contribution < 1.29 is 9.90 Å². The van der Waals surface area contributed by atoms with Crippen LogP contribution in [-0.2, 0) is 0 Å². The van der Waals surface area contributed by atoms with Gasteiger partial charge in [0.15, 0.2) is 0 Å². The molecule has 0 aliphatic carbocycles. The topological polar surface area (TPSA) is 53.4 Å². The molecule has 1 heterocycles. The second-order valence-corrected chi connectivity index (χ2v) is 4.43. The van der Waals surface area contributed by atoms with E-state index in [0.29, 0.717) is 18.7 Å². The molecule has 0 aliphatic rings. The standard InChI is InChI=1S/C15H18N2O2/c1-2-8-17(9-10-18)15(19)13-5-6-14-12(11-13)4-3-7-16-14/h3-7,11,18H,2,8-10H2,1H3. The molecule has 1 N–H and O–H groups in total. The highest BCUT2D eigenvalue weighted by Crippen LogP contribution is 2.15. The van der Waals surface area contributed by atoms with Crippen LogP contribution in [0.15, 0.2) is 36.5 Å². The van der Waals surface area contributed by atoms with Crippen LogP contribution in [0.2, 0.25) is 0 Å². The third-order valence-corrected chi connectivity index (χ3v) is 3.00. The Labute approximate surface area is 112 Å². The van der Waals surface area contributed by atoms with Gasteiger partial charge in [-0.1, -0.05) is 13.0 Å². The first-order valence-electron chi connectivity index (χ1n) is 6.51. The Balaban J connectivity index is 2.29. The maximum absolute atomic E-state index is 12.4. The first kappa shape index (κ1) is 13.5. The number of rotatable bonds is 5. The summed E-state index contributed by atoms with van der Waals surface area (Å²) in [6.45, 7) is 3.03. The number of aliphatic hydroxyl groups excluding tert-OH is 1. The SMILES string of the molecule is CCCN(CCO)C(=O)c1ccc2ncccc2c1. The molecule has 0 radical (unpaired) electrons. The Kier molecular flexibility index (Phi) is 4.47. The number of nitrogens with zero attached hydrogens (tertiary/aromatic N) is 2. The molecule has 100 valence electrons. The largest absolute Gasteiger partial charge is 0.395 e. The van der Waals surface area contributed by atoms with E-state index in [2.05, 4.69) is 4.98 Å². The maximum Gasteiger partial charge on any atom is 0.253 e. The Bertz CT molecular complexity index is 563. The van der Waals surface area contributed by atoms with E-state index in [1.165, 1.54) is 0 Å². The summed E-state index contributed by atoms with van der Waals surface area (Å²) in [4.78, 5) is 18.3. The van der Waals surface area contributed by atoms with Gasteiger partial charge in [-0.05, 0) is 30.7 Å². The summed E-state index contributed by atoms with van der Waals surface area (Å²) >= 11 is 0. The lowest BCUT2D eigenvalue weighted by Crippen LogP contribution is -2.34. The van der Waals surface area contributed by atoms with E-state index in [9.17, 15) is 4.79 Å². The van der Waals surface area contributed by atoms with Gasteiger partial charge >= 0.3 is 0 Å². The van der Waals surface area contributed by atoms with Crippen LogP contribution in [0, 0.1) is 0 Å². The van der Waals surface area contributed by atoms with Crippen molar-refractivity contribution in [1.82, 2.24) is 9.88 Å². The number of aromatic nitrogens is 1. The average molecular weight is 258 g/mol. The fourth-order valence-electron chi connectivity index (χ4n) is 2.10. The third kappa shape index (κ3) is 3.09. The number of amides is 1. The highest BCUT2D eigenvalue weighted by Gasteiger charge is 2.14. The molecule has 0 aliphatic heterocycles. The second-order valence-electron chi connectivity index (χ2n) is 4.43. The summed E-state index contributed by atoms with van der Waals surface area (Å²) in [6.07, 6.45) is 2.61. The molecule has 0 spiro atoms. The maximum atomic E-state index is 12.4. The zero-order valence-electron chi connectivity index (χ0n) is 11.0. The zero-order valence-corrected chi connectivity index (χ0v) is 11.0. The Morgan fingerprint density at radius 1 is 1.32 bits per heavy atom. The summed E-state index contributed by atoms with van der Waals surface area (Å²) in [5.41, 5.74) is 1.52. The molecule has 2 rings (SSSR count). The molecule has 4 nitrogen and oxygen atoms in total. The first-order chi connectivity index (χ1) is 9.26. The van der Waals surface area contributed by atoms with Crippen molar-refractivity contribution in [2.45, 2.75) is 13.3 Å². The average Bonchev–Trinajstić information content (AvgIpc) is 2.46. The Hall–Kier alpha value is -1.94. The van der Waals surface area contributed by atoms with Crippen LogP contribution in [0.4, 0.5) is 0 Å². The van der Waals surface area contributed by atoms with Crippen molar-refractivity contribution in [3.63, 3.8) is 0 Å². The van der Waals surface area contributed by atoms with Gasteiger partial charge in [-0.3, -0.25) is 9.78 Å². The van der Waals surface area contributed by atoms with Crippen molar-refractivity contribution in [3.8, 4) is 0 Å². The predicted octanol–water partition coefficient (Wildman–Crippen LogP) is 2.08. The normalized spacial score (nSPS) is 10.6. The lowest BCUT2D eigenvalue weighted by molar-refractivity contribution is 0.0722. The molecule has 1 aromatic carbocycles. The van der Waals surface area contributed by atoms with Crippen molar-refractivity contribution in [2.24, 2.45) is 0 Å². The van der Waals surface area contributed by atoms with Gasteiger partial charge in [0, 0.05) is 30.2 Å². The van der Waals surface area contributed by atoms with Crippen molar-refractivity contribution in [2.75, 3.05) is 19.7 Å². The van der Waals surface area contributed by atoms with Gasteiger partial charge in [-0.2, -0.15) is 0 Å². The zero-order chi connectivity index (χ0) is 13.7. The van der Waals surface area contributed by atoms with Gasteiger partial charge in [-0.25, -0.2) is 0 Å². The lowest BCUT2D eigenvalue weighted by Gasteiger charge is -2.21. The van der Waals surface area contributed by atoms with Gasteiger partial charge in [0.1, 0.15) is 0 Å². The highest BCUT2D eigenvalue weighted by atomic mass is 16.3. The third-order valence-electron chi connectivity index (χ3n) is 3.00. The van der Waals surface area contributed by atoms with Crippen LogP contribution in [0.5, 0.6) is 0 Å². The number of carbonyl (C=O) groups excluding carboxylic acids is 1. The monoisotopic (exact) mass is 258 g/mol. The first-order valence-corrected chi connectivity index (χ1v) is 6.51. The van der Waals surface area contributed by atoms with Crippen molar-refractivity contribution >= 4 is 16.8 Å². The molecule has 0 bridgehead atoms. The van der Waals surface area contributed by atoms with Crippen molar-refractivity contribution in [3.05, 3.63) is 42.1 Å². The van der Waals surface area contributed by atoms with Crippen LogP contribution in [0.1, 0.15) is 23.7 Å². The Morgan fingerprint density at radius 3 is 2.89 bits per heavy atom. The smallest absolute Gasteiger partial charge is 0.253 e. The van der Waals surface area contributed by atoms with E-state index >= 15 is 0 Å². The van der Waals surface area contributed by atoms with Gasteiger partial charge in [0.25, 0.3) is 5.91 Å². The quantitative estimate of drug-likeness (QED) is 0.893. The fourth-order valence-corrected chi connectivity index (χ4v) is 2.10. The minimum Gasteiger partial charge on any atom is -0.395 e. The van der Waals surface area contributed by atoms with E-state index < -0.39 is 0 Å². The van der Waals surface area contributed by atoms with E-state index in [0.717, 1.165) is 17.3 Å². The van der Waals surface area contributed by atoms with Crippen LogP contribution >= 0.6 is 0 Å². The molecule has 0 saturated heterocycles. The van der Waals surface area contributed by atoms with Gasteiger partial charge in [0.05, 0.1) is 12.1 Å². The molecule has 0 atom stereocenters. The lowest BCUT2D eigenvalue weighted by atomic mass is 10.1. The molecule has 0 unspecified atom stereocenters. The molecule has 19 heavy (non-hydrogen) atoms. The van der Waals surface area contributed by atoms with Gasteiger partial charge in [-0.15, -0.1) is 0 Å². The number of benzene rings is 1. The Morgan fingerprint density at radius 2 is 2.16 bits per heavy atom. The summed E-state index contributed by atoms with van der Waals surface area (Å²) < 4.78 is 0. The molecular formula is C15H18N2O2. The summed E-state index contributed by atoms with van der Waals surface area (Å²) in [5.74, 6) is -0.0401. The molecule has 1 amide bonds. The highest BCUT2D eigenvalue weighted by molar-refractivity contribution is 5.97. The van der Waals surface area contributed by atoms with E-state index in [4.69, 9.17) is 5.11 Å². The minimum absolute atomic E-state index is 0.0130. The van der Waals surface area contributed by atoms with Crippen LogP contribution < -0.4 is 0 Å². The van der Waals surface area contributed by atoms with Crippen molar-refractivity contribution in [1.29, 1.82) is 0 Å². The number of carbonyl (C=O) groups is 1. The number of hydrogen-bond donors (Lipinski definition) is 1. The second kappa shape index (κ2) is 6.29. The van der Waals surface area contributed by atoms with E-state index in [1.807, 2.05) is 31.2 Å². The summed E-state index contributed by atoms with van der Waals surface area (Å²) in [6, 6.07) is 9.29. The van der Waals surface area contributed by atoms with E-state index in [-0.39, 0.29) is 12.5 Å². The molecule has 0 saturated carbocycles. The van der Waals surface area contributed by atoms with Crippen LogP contribution in [-0.4, -0.2) is 40.6 Å². The predicted molar refractivity (Wildman–Crippen MR) is 75.0 cm³/mol. The molecule has 4 heteroatoms. The van der Waals surface area contributed by atoms with Gasteiger partial charge < -0.3 is 10.0 Å². The number of hydrogen-bond acceptors (Lipinski definition) is 3. The fraction of sp³-hybridized carbons (Fsp3) is 0.333. The summed E-state index contributed by atoms with van der Waals surface area (Å²) in [7, 11) is 0. The van der Waals surface area contributed by atoms with Gasteiger partial charge in [0.2, 0.25) is 0 Å². The summed E-state index contributed by atoms with van der Waals surface area (Å²) in [5, 5.41) is 9.98. The number of fused-ring (bicyclic) bond motifs is 1. The minimum atomic E-state index is -0.0401. The van der Waals surface area contributed by atoms with E-state index in [1.54, 1.807) is 17.2 Å². The number of aliphatic hydroxyl groups is 1.